The second kappa shape index (κ2) is 5.47. The molecule has 3 heteroatoms. The van der Waals surface area contributed by atoms with Gasteiger partial charge < -0.3 is 9.64 Å². The van der Waals surface area contributed by atoms with Crippen molar-refractivity contribution in [3.8, 4) is 0 Å². The van der Waals surface area contributed by atoms with Crippen LogP contribution < -0.4 is 0 Å². The average Bonchev–Trinajstić information content (AvgIpc) is 1.91. The van der Waals surface area contributed by atoms with Crippen molar-refractivity contribution in [1.82, 2.24) is 4.90 Å². The lowest BCUT2D eigenvalue weighted by Crippen LogP contribution is -2.30. The van der Waals surface area contributed by atoms with Gasteiger partial charge in [0, 0.05) is 13.1 Å². The summed E-state index contributed by atoms with van der Waals surface area (Å²) in [6.45, 7) is 9.33. The van der Waals surface area contributed by atoms with E-state index in [0.29, 0.717) is 5.17 Å². The quantitative estimate of drug-likeness (QED) is 0.584. The van der Waals surface area contributed by atoms with Gasteiger partial charge in [-0.1, -0.05) is 0 Å². The van der Waals surface area contributed by atoms with Gasteiger partial charge in [0.15, 0.2) is 0 Å². The maximum Gasteiger partial charge on any atom is 0.259 e. The molecule has 0 aliphatic heterocycles. The summed E-state index contributed by atoms with van der Waals surface area (Å²) in [6, 6.07) is 0. The van der Waals surface area contributed by atoms with Gasteiger partial charge in [0.05, 0.1) is 0 Å². The van der Waals surface area contributed by atoms with E-state index in [1.807, 2.05) is 11.8 Å². The molecule has 0 bridgehead atoms. The maximum absolute atomic E-state index is 5.02. The molecule has 0 aromatic carbocycles. The molecule has 0 aliphatic rings. The third-order valence-corrected chi connectivity index (χ3v) is 1.59. The van der Waals surface area contributed by atoms with E-state index in [9.17, 15) is 0 Å². The van der Waals surface area contributed by atoms with Crippen LogP contribution in [0.15, 0.2) is 0 Å². The zero-order chi connectivity index (χ0) is 7.98. The van der Waals surface area contributed by atoms with Crippen molar-refractivity contribution in [2.75, 3.05) is 13.1 Å². The van der Waals surface area contributed by atoms with E-state index < -0.39 is 0 Å². The number of hydrogen-bond acceptors (Lipinski definition) is 2. The van der Waals surface area contributed by atoms with Gasteiger partial charge in [0.1, 0.15) is 6.61 Å². The number of thiocarbonyl (C=S) groups is 1. The molecule has 10 heavy (non-hydrogen) atoms. The summed E-state index contributed by atoms with van der Waals surface area (Å²) in [4.78, 5) is 1.98. The first-order valence-corrected chi connectivity index (χ1v) is 3.90. The third kappa shape index (κ3) is 3.01. The Kier molecular flexibility index (Phi) is 5.30. The molecule has 0 N–H and O–H groups in total. The second-order valence-corrected chi connectivity index (χ2v) is 2.14. The minimum atomic E-state index is 0.563. The summed E-state index contributed by atoms with van der Waals surface area (Å²) in [7, 11) is 0. The van der Waals surface area contributed by atoms with Crippen LogP contribution in [0, 0.1) is 6.61 Å². The Morgan fingerprint density at radius 2 is 2.00 bits per heavy atom. The van der Waals surface area contributed by atoms with Crippen LogP contribution in [-0.2, 0) is 4.74 Å². The molecular formula is C7H14NOS. The molecule has 0 heterocycles. The molecule has 1 radical (unpaired) electrons. The number of ether oxygens (including phenoxy) is 1. The maximum atomic E-state index is 5.02. The van der Waals surface area contributed by atoms with Gasteiger partial charge in [-0.25, -0.2) is 0 Å². The summed E-state index contributed by atoms with van der Waals surface area (Å²) in [6.07, 6.45) is 0. The first-order valence-electron chi connectivity index (χ1n) is 3.49. The fraction of sp³-hybridized carbons (Fsp3) is 0.714. The molecule has 0 spiro atoms. The molecule has 2 nitrogen and oxygen atoms in total. The van der Waals surface area contributed by atoms with Crippen molar-refractivity contribution in [2.45, 2.75) is 20.8 Å². The summed E-state index contributed by atoms with van der Waals surface area (Å²) in [5, 5.41) is 0.563. The van der Waals surface area contributed by atoms with Gasteiger partial charge in [-0.3, -0.25) is 0 Å². The van der Waals surface area contributed by atoms with E-state index in [1.54, 1.807) is 6.61 Å². The summed E-state index contributed by atoms with van der Waals surface area (Å²) >= 11 is 4.95. The summed E-state index contributed by atoms with van der Waals surface area (Å²) < 4.78 is 5.02. The van der Waals surface area contributed by atoms with Crippen molar-refractivity contribution in [3.63, 3.8) is 0 Å². The lowest BCUT2D eigenvalue weighted by atomic mass is 10.6. The largest absolute Gasteiger partial charge is 0.464 e. The van der Waals surface area contributed by atoms with Gasteiger partial charge in [-0.2, -0.15) is 0 Å². The van der Waals surface area contributed by atoms with Gasteiger partial charge >= 0.3 is 0 Å². The minimum Gasteiger partial charge on any atom is -0.464 e. The minimum absolute atomic E-state index is 0.563. The molecule has 59 valence electrons. The number of rotatable bonds is 3. The second-order valence-electron chi connectivity index (χ2n) is 1.79. The van der Waals surface area contributed by atoms with Crippen LogP contribution in [0.5, 0.6) is 0 Å². The van der Waals surface area contributed by atoms with Crippen LogP contribution in [-0.4, -0.2) is 23.2 Å². The fourth-order valence-corrected chi connectivity index (χ4v) is 1.01. The van der Waals surface area contributed by atoms with E-state index >= 15 is 0 Å². The highest BCUT2D eigenvalue weighted by molar-refractivity contribution is 7.80. The van der Waals surface area contributed by atoms with E-state index in [4.69, 9.17) is 17.0 Å². The van der Waals surface area contributed by atoms with Crippen molar-refractivity contribution in [2.24, 2.45) is 0 Å². The third-order valence-electron chi connectivity index (χ3n) is 1.24. The normalized spacial score (nSPS) is 9.10. The molecular weight excluding hydrogens is 146 g/mol. The van der Waals surface area contributed by atoms with E-state index in [0.717, 1.165) is 13.1 Å². The summed E-state index contributed by atoms with van der Waals surface area (Å²) in [5.41, 5.74) is 0. The molecule has 0 aromatic heterocycles. The van der Waals surface area contributed by atoms with Crippen molar-refractivity contribution in [1.29, 1.82) is 0 Å². The Morgan fingerprint density at radius 3 is 2.30 bits per heavy atom. The van der Waals surface area contributed by atoms with Crippen LogP contribution in [0.3, 0.4) is 0 Å². The molecule has 0 aromatic rings. The van der Waals surface area contributed by atoms with Gasteiger partial charge in [-0.05, 0) is 33.0 Å². The van der Waals surface area contributed by atoms with E-state index in [2.05, 4.69) is 13.8 Å². The highest BCUT2D eigenvalue weighted by Crippen LogP contribution is 1.94. The highest BCUT2D eigenvalue weighted by Gasteiger charge is 2.03. The molecule has 0 unspecified atom stereocenters. The molecule has 0 atom stereocenters. The SMILES string of the molecule is C[CH]OC(=S)N(CC)CC. The zero-order valence-electron chi connectivity index (χ0n) is 6.76. The van der Waals surface area contributed by atoms with E-state index in [1.165, 1.54) is 0 Å². The predicted octanol–water partition coefficient (Wildman–Crippen LogP) is 1.81. The van der Waals surface area contributed by atoms with E-state index in [-0.39, 0.29) is 0 Å². The average molecular weight is 160 g/mol. The molecule has 0 rings (SSSR count). The molecule has 0 amide bonds. The number of nitrogens with zero attached hydrogens (tertiary/aromatic N) is 1. The Balaban J connectivity index is 3.65. The molecule has 0 saturated carbocycles. The molecule has 0 saturated heterocycles. The lowest BCUT2D eigenvalue weighted by molar-refractivity contribution is 0.312. The Labute approximate surface area is 68.2 Å². The molecule has 0 aliphatic carbocycles. The zero-order valence-corrected chi connectivity index (χ0v) is 7.57. The fourth-order valence-electron chi connectivity index (χ4n) is 0.657. The number of hydrogen-bond donors (Lipinski definition) is 0. The van der Waals surface area contributed by atoms with Gasteiger partial charge in [0.25, 0.3) is 5.17 Å². The van der Waals surface area contributed by atoms with Crippen LogP contribution in [0.2, 0.25) is 0 Å². The smallest absolute Gasteiger partial charge is 0.259 e. The van der Waals surface area contributed by atoms with Crippen LogP contribution >= 0.6 is 12.2 Å². The first kappa shape index (κ1) is 9.69. The van der Waals surface area contributed by atoms with Crippen molar-refractivity contribution in [3.05, 3.63) is 6.61 Å². The van der Waals surface area contributed by atoms with Gasteiger partial charge in [0.2, 0.25) is 0 Å². The first-order chi connectivity index (χ1) is 4.76. The standard InChI is InChI=1S/C7H14NOS/c1-4-8(5-2)7(10)9-6-3/h6H,4-5H2,1-3H3. The Hall–Kier alpha value is -0.310. The predicted molar refractivity (Wildman–Crippen MR) is 46.6 cm³/mol. The van der Waals surface area contributed by atoms with Crippen LogP contribution in [0.1, 0.15) is 20.8 Å². The monoisotopic (exact) mass is 160 g/mol. The van der Waals surface area contributed by atoms with Crippen LogP contribution in [0.4, 0.5) is 0 Å². The lowest BCUT2D eigenvalue weighted by Gasteiger charge is -2.20. The topological polar surface area (TPSA) is 12.5 Å². The Morgan fingerprint density at radius 1 is 1.50 bits per heavy atom. The van der Waals surface area contributed by atoms with Crippen molar-refractivity contribution >= 4 is 17.4 Å². The van der Waals surface area contributed by atoms with Crippen molar-refractivity contribution < 1.29 is 4.74 Å². The summed E-state index contributed by atoms with van der Waals surface area (Å²) in [5.74, 6) is 0. The van der Waals surface area contributed by atoms with Gasteiger partial charge in [-0.15, -0.1) is 0 Å². The van der Waals surface area contributed by atoms with Crippen LogP contribution in [0.25, 0.3) is 0 Å². The Bertz CT molecular complexity index is 102. The molecule has 0 fully saturated rings. The highest BCUT2D eigenvalue weighted by atomic mass is 32.1.